The zero-order valence-corrected chi connectivity index (χ0v) is 7.60. The summed E-state index contributed by atoms with van der Waals surface area (Å²) in [6, 6.07) is 0. The van der Waals surface area contributed by atoms with E-state index in [2.05, 4.69) is 13.8 Å². The van der Waals surface area contributed by atoms with E-state index in [1.165, 1.54) is 19.3 Å². The molecule has 0 aromatic carbocycles. The fourth-order valence-corrected chi connectivity index (χ4v) is 2.73. The Bertz CT molecular complexity index is 141. The molecule has 2 unspecified atom stereocenters. The maximum atomic E-state index is 5.45. The van der Waals surface area contributed by atoms with Gasteiger partial charge in [0.15, 0.2) is 0 Å². The highest BCUT2D eigenvalue weighted by Crippen LogP contribution is 2.49. The molecule has 2 rings (SSSR count). The van der Waals surface area contributed by atoms with Crippen molar-refractivity contribution in [1.82, 2.24) is 0 Å². The van der Waals surface area contributed by atoms with Gasteiger partial charge < -0.3 is 4.74 Å². The molecule has 1 nitrogen and oxygen atoms in total. The second-order valence-corrected chi connectivity index (χ2v) is 4.63. The van der Waals surface area contributed by atoms with Crippen molar-refractivity contribution in [3.8, 4) is 0 Å². The summed E-state index contributed by atoms with van der Waals surface area (Å²) in [7, 11) is 0. The van der Waals surface area contributed by atoms with Gasteiger partial charge in [0.25, 0.3) is 0 Å². The summed E-state index contributed by atoms with van der Waals surface area (Å²) in [4.78, 5) is 0. The first-order valence-electron chi connectivity index (χ1n) is 4.81. The van der Waals surface area contributed by atoms with E-state index in [0.29, 0.717) is 5.41 Å². The molecule has 1 heterocycles. The molecule has 0 N–H and O–H groups in total. The Labute approximate surface area is 69.1 Å². The first kappa shape index (κ1) is 7.60. The van der Waals surface area contributed by atoms with Crippen LogP contribution in [0.1, 0.15) is 33.1 Å². The van der Waals surface area contributed by atoms with Crippen LogP contribution in [0.5, 0.6) is 0 Å². The second kappa shape index (κ2) is 2.48. The topological polar surface area (TPSA) is 9.23 Å². The molecule has 64 valence electrons. The Morgan fingerprint density at radius 1 is 1.27 bits per heavy atom. The van der Waals surface area contributed by atoms with Crippen LogP contribution in [0.3, 0.4) is 0 Å². The highest BCUT2D eigenvalue weighted by Gasteiger charge is 2.43. The molecule has 2 aliphatic rings. The van der Waals surface area contributed by atoms with Gasteiger partial charge in [-0.3, -0.25) is 0 Å². The Balaban J connectivity index is 2.04. The molecule has 1 saturated carbocycles. The van der Waals surface area contributed by atoms with E-state index in [1.54, 1.807) is 0 Å². The standard InChI is InChI=1S/C10H18O/c1-3-10(2)4-8-6-11-7-9(8)5-10/h8-9H,3-7H2,1-2H3. The van der Waals surface area contributed by atoms with Gasteiger partial charge >= 0.3 is 0 Å². The van der Waals surface area contributed by atoms with E-state index < -0.39 is 0 Å². The number of fused-ring (bicyclic) bond motifs is 1. The van der Waals surface area contributed by atoms with E-state index in [4.69, 9.17) is 4.74 Å². The quantitative estimate of drug-likeness (QED) is 0.563. The molecule has 0 aromatic heterocycles. The van der Waals surface area contributed by atoms with Crippen molar-refractivity contribution < 1.29 is 4.74 Å². The van der Waals surface area contributed by atoms with Crippen LogP contribution in [-0.2, 0) is 4.74 Å². The van der Waals surface area contributed by atoms with Crippen molar-refractivity contribution in [2.24, 2.45) is 17.3 Å². The highest BCUT2D eigenvalue weighted by molar-refractivity contribution is 4.92. The van der Waals surface area contributed by atoms with Gasteiger partial charge in [0, 0.05) is 13.2 Å². The second-order valence-electron chi connectivity index (χ2n) is 4.63. The lowest BCUT2D eigenvalue weighted by atomic mass is 9.85. The van der Waals surface area contributed by atoms with Gasteiger partial charge in [-0.1, -0.05) is 20.3 Å². The van der Waals surface area contributed by atoms with Gasteiger partial charge in [0.2, 0.25) is 0 Å². The molecule has 1 saturated heterocycles. The summed E-state index contributed by atoms with van der Waals surface area (Å²) in [6.07, 6.45) is 4.17. The third kappa shape index (κ3) is 1.20. The first-order valence-corrected chi connectivity index (χ1v) is 4.81. The summed E-state index contributed by atoms with van der Waals surface area (Å²) >= 11 is 0. The molecule has 0 radical (unpaired) electrons. The SMILES string of the molecule is CCC1(C)CC2COCC2C1. The van der Waals surface area contributed by atoms with Crippen LogP contribution in [0.25, 0.3) is 0 Å². The highest BCUT2D eigenvalue weighted by atomic mass is 16.5. The lowest BCUT2D eigenvalue weighted by Gasteiger charge is -2.22. The molecule has 1 aliphatic carbocycles. The van der Waals surface area contributed by atoms with Gasteiger partial charge in [-0.05, 0) is 30.1 Å². The van der Waals surface area contributed by atoms with Crippen molar-refractivity contribution in [1.29, 1.82) is 0 Å². The van der Waals surface area contributed by atoms with Gasteiger partial charge in [-0.2, -0.15) is 0 Å². The lowest BCUT2D eigenvalue weighted by Crippen LogP contribution is -2.12. The van der Waals surface area contributed by atoms with Gasteiger partial charge in [0.05, 0.1) is 0 Å². The Hall–Kier alpha value is -0.0400. The average Bonchev–Trinajstić information content (AvgIpc) is 2.46. The largest absolute Gasteiger partial charge is 0.381 e. The summed E-state index contributed by atoms with van der Waals surface area (Å²) < 4.78 is 5.45. The van der Waals surface area contributed by atoms with E-state index >= 15 is 0 Å². The van der Waals surface area contributed by atoms with Crippen LogP contribution in [0.4, 0.5) is 0 Å². The maximum absolute atomic E-state index is 5.45. The fraction of sp³-hybridized carbons (Fsp3) is 1.00. The van der Waals surface area contributed by atoms with E-state index in [1.807, 2.05) is 0 Å². The molecule has 2 fully saturated rings. The molecular weight excluding hydrogens is 136 g/mol. The number of hydrogen-bond acceptors (Lipinski definition) is 1. The van der Waals surface area contributed by atoms with Crippen LogP contribution in [0.2, 0.25) is 0 Å². The minimum atomic E-state index is 0.652. The minimum Gasteiger partial charge on any atom is -0.381 e. The van der Waals surface area contributed by atoms with Crippen LogP contribution in [0.15, 0.2) is 0 Å². The Morgan fingerprint density at radius 2 is 1.82 bits per heavy atom. The minimum absolute atomic E-state index is 0.652. The molecule has 1 heteroatoms. The third-order valence-electron chi connectivity index (χ3n) is 3.69. The zero-order valence-electron chi connectivity index (χ0n) is 7.60. The van der Waals surface area contributed by atoms with Crippen molar-refractivity contribution in [2.75, 3.05) is 13.2 Å². The van der Waals surface area contributed by atoms with Crippen LogP contribution >= 0.6 is 0 Å². The van der Waals surface area contributed by atoms with E-state index in [-0.39, 0.29) is 0 Å². The predicted molar refractivity (Wildman–Crippen MR) is 45.4 cm³/mol. The maximum Gasteiger partial charge on any atom is 0.0498 e. The average molecular weight is 154 g/mol. The lowest BCUT2D eigenvalue weighted by molar-refractivity contribution is 0.149. The Morgan fingerprint density at radius 3 is 2.27 bits per heavy atom. The molecule has 2 atom stereocenters. The van der Waals surface area contributed by atoms with Crippen molar-refractivity contribution in [3.63, 3.8) is 0 Å². The molecule has 0 amide bonds. The molecule has 0 aromatic rings. The number of rotatable bonds is 1. The van der Waals surface area contributed by atoms with Gasteiger partial charge in [-0.15, -0.1) is 0 Å². The number of hydrogen-bond donors (Lipinski definition) is 0. The van der Waals surface area contributed by atoms with Crippen LogP contribution in [0, 0.1) is 17.3 Å². The van der Waals surface area contributed by atoms with Crippen molar-refractivity contribution in [2.45, 2.75) is 33.1 Å². The third-order valence-corrected chi connectivity index (χ3v) is 3.69. The molecule has 11 heavy (non-hydrogen) atoms. The summed E-state index contributed by atoms with van der Waals surface area (Å²) in [5.41, 5.74) is 0.652. The fourth-order valence-electron chi connectivity index (χ4n) is 2.73. The first-order chi connectivity index (χ1) is 5.23. The normalized spacial score (nSPS) is 49.6. The smallest absolute Gasteiger partial charge is 0.0498 e. The van der Waals surface area contributed by atoms with Crippen molar-refractivity contribution in [3.05, 3.63) is 0 Å². The van der Waals surface area contributed by atoms with Gasteiger partial charge in [0.1, 0.15) is 0 Å². The Kier molecular flexibility index (Phi) is 1.71. The summed E-state index contributed by atoms with van der Waals surface area (Å²) in [5.74, 6) is 1.81. The van der Waals surface area contributed by atoms with Crippen LogP contribution < -0.4 is 0 Å². The summed E-state index contributed by atoms with van der Waals surface area (Å²) in [5, 5.41) is 0. The van der Waals surface area contributed by atoms with Crippen molar-refractivity contribution >= 4 is 0 Å². The van der Waals surface area contributed by atoms with E-state index in [0.717, 1.165) is 25.0 Å². The van der Waals surface area contributed by atoms with Crippen LogP contribution in [-0.4, -0.2) is 13.2 Å². The monoisotopic (exact) mass is 154 g/mol. The zero-order chi connectivity index (χ0) is 7.90. The summed E-state index contributed by atoms with van der Waals surface area (Å²) in [6.45, 7) is 6.84. The molecule has 1 aliphatic heterocycles. The van der Waals surface area contributed by atoms with Gasteiger partial charge in [-0.25, -0.2) is 0 Å². The molecule has 0 bridgehead atoms. The number of ether oxygens (including phenoxy) is 1. The predicted octanol–water partition coefficient (Wildman–Crippen LogP) is 2.46. The molecular formula is C10H18O. The molecule has 0 spiro atoms. The van der Waals surface area contributed by atoms with E-state index in [9.17, 15) is 0 Å².